The summed E-state index contributed by atoms with van der Waals surface area (Å²) in [6.07, 6.45) is 13.2. The zero-order chi connectivity index (χ0) is 48.2. The Morgan fingerprint density at radius 1 is 0.311 bits per heavy atom. The van der Waals surface area contributed by atoms with Crippen LogP contribution in [0.2, 0.25) is 0 Å². The molecule has 6 aliphatic heterocycles. The lowest BCUT2D eigenvalue weighted by molar-refractivity contribution is -0.130. The first-order valence-electron chi connectivity index (χ1n) is 29.1. The fraction of sp³-hybridized carbons (Fsp3) is 0.455. The van der Waals surface area contributed by atoms with E-state index in [0.717, 1.165) is 6.42 Å². The monoisotopic (exact) mass is 1010 g/mol. The van der Waals surface area contributed by atoms with E-state index in [9.17, 15) is 0 Å². The molecule has 6 nitrogen and oxygen atoms in total. The average Bonchev–Trinajstić information content (AvgIpc) is 3.66. The highest BCUT2D eigenvalue weighted by Crippen LogP contribution is 2.79. The number of nitrogens with zero attached hydrogens (tertiary/aromatic N) is 4. The summed E-state index contributed by atoms with van der Waals surface area (Å²) in [6.45, 7) is 0. The van der Waals surface area contributed by atoms with Crippen LogP contribution in [0.15, 0.2) is 182 Å². The molecule has 6 saturated heterocycles. The molecule has 74 heavy (non-hydrogen) atoms. The van der Waals surface area contributed by atoms with Crippen LogP contribution >= 0.6 is 15.8 Å². The molecule has 376 valence electrons. The van der Waals surface area contributed by atoms with E-state index < -0.39 is 15.8 Å². The number of ether oxygens (including phenoxy) is 2. The molecule has 0 radical (unpaired) electrons. The van der Waals surface area contributed by atoms with Crippen LogP contribution in [0, 0.1) is 0 Å². The summed E-state index contributed by atoms with van der Waals surface area (Å²) in [5, 5.41) is 0. The first-order valence-corrected chi connectivity index (χ1v) is 32.2. The topological polar surface area (TPSA) is 31.4 Å². The molecule has 22 unspecified atom stereocenters. The summed E-state index contributed by atoms with van der Waals surface area (Å²) in [5.74, 6) is 0.919. The van der Waals surface area contributed by atoms with Crippen molar-refractivity contribution in [1.82, 2.24) is 0 Å². The molecule has 6 heterocycles. The van der Waals surface area contributed by atoms with E-state index in [-0.39, 0.29) is 24.4 Å². The lowest BCUT2D eigenvalue weighted by Crippen LogP contribution is -2.86. The molecule has 0 amide bonds. The van der Waals surface area contributed by atoms with Crippen molar-refractivity contribution in [3.63, 3.8) is 0 Å². The predicted octanol–water partition coefficient (Wildman–Crippen LogP) is 13.3. The second-order valence-electron chi connectivity index (χ2n) is 24.5. The number of benzene rings is 6. The summed E-state index contributed by atoms with van der Waals surface area (Å²) in [7, 11) is -0.971. The van der Waals surface area contributed by atoms with Crippen molar-refractivity contribution < 1.29 is 9.47 Å². The van der Waals surface area contributed by atoms with Crippen LogP contribution in [0.3, 0.4) is 0 Å². The third-order valence-electron chi connectivity index (χ3n) is 21.5. The molecule has 6 aromatic rings. The normalized spacial score (nSPS) is 42.6. The van der Waals surface area contributed by atoms with E-state index in [0.29, 0.717) is 94.2 Å². The first-order chi connectivity index (χ1) is 36.8. The number of anilines is 4. The van der Waals surface area contributed by atoms with Crippen molar-refractivity contribution in [2.75, 3.05) is 19.6 Å². The molecular formula is C66H70N4O2P2. The van der Waals surface area contributed by atoms with Crippen LogP contribution in [0.4, 0.5) is 22.7 Å². The third-order valence-corrected chi connectivity index (χ3v) is 29.6. The largest absolute Gasteiger partial charge is 0.371 e. The lowest BCUT2D eigenvalue weighted by atomic mass is 9.71. The molecule has 0 N–H and O–H groups in total. The van der Waals surface area contributed by atoms with Gasteiger partial charge in [-0.1, -0.05) is 149 Å². The Hall–Kier alpha value is -4.70. The highest BCUT2D eigenvalue weighted by molar-refractivity contribution is 7.61. The standard InChI is InChI=1S/C66H70N4O2P2/c1-7-21-41(22-8-1)43-37-52-62-53(38-43)70(48-31-17-6-18-32-48)58-59-65-57(60-66(58)74(62)64-54(68(52)46-27-13-4-14-28-46)39-44(40-56(64)72-60)42-23-9-2-10-24-42)69(47-29-15-5-16-30-47)50-34-19-33-49-61(50)73(65)63-51(35-20-36-55(63)71-59)67(49)45-25-11-3-12-26-45/h1-18,21-32,43-44,49-66H,19-20,33-40H2. The zero-order valence-corrected chi connectivity index (χ0v) is 44.2. The molecular weight excluding hydrogens is 943 g/mol. The van der Waals surface area contributed by atoms with E-state index >= 15 is 0 Å². The van der Waals surface area contributed by atoms with E-state index in [1.54, 1.807) is 0 Å². The summed E-state index contributed by atoms with van der Waals surface area (Å²) in [4.78, 5) is 12.4. The summed E-state index contributed by atoms with van der Waals surface area (Å²) >= 11 is 0. The zero-order valence-electron chi connectivity index (χ0n) is 42.4. The quantitative estimate of drug-likeness (QED) is 0.155. The van der Waals surface area contributed by atoms with Crippen molar-refractivity contribution in [3.05, 3.63) is 193 Å². The molecule has 6 aromatic carbocycles. The second kappa shape index (κ2) is 17.4. The van der Waals surface area contributed by atoms with E-state index in [4.69, 9.17) is 9.47 Å². The summed E-state index contributed by atoms with van der Waals surface area (Å²) in [6, 6.07) is 74.3. The molecule has 11 aliphatic rings. The molecule has 0 spiro atoms. The molecule has 0 bridgehead atoms. The molecule has 22 atom stereocenters. The van der Waals surface area contributed by atoms with Crippen LogP contribution in [-0.4, -0.2) is 107 Å². The van der Waals surface area contributed by atoms with Gasteiger partial charge in [-0.3, -0.25) is 0 Å². The number of hydrogen-bond donors (Lipinski definition) is 0. The fourth-order valence-electron chi connectivity index (χ4n) is 19.5. The Morgan fingerprint density at radius 3 is 1.16 bits per heavy atom. The Labute approximate surface area is 441 Å². The van der Waals surface area contributed by atoms with Crippen LogP contribution in [0.1, 0.15) is 87.2 Å². The van der Waals surface area contributed by atoms with Gasteiger partial charge in [0.25, 0.3) is 0 Å². The molecule has 5 aliphatic carbocycles. The summed E-state index contributed by atoms with van der Waals surface area (Å²) < 4.78 is 17.1. The van der Waals surface area contributed by atoms with E-state index in [1.807, 2.05) is 0 Å². The Balaban J connectivity index is 0.912. The Bertz CT molecular complexity index is 2980. The fourth-order valence-corrected chi connectivity index (χ4v) is 29.7. The SMILES string of the molecule is c1ccc(C2CC3OC4C5C6C(OC7CCCC8C7P6C6C(CCCC6N5c5ccccc5)N8c5ccccc5)C5C4P4C3C(C2)N(c2ccccc2)C2CC(c3ccccc3)CC(C24)N5c2ccccc2)cc1. The number of rotatable bonds is 6. The van der Waals surface area contributed by atoms with Gasteiger partial charge >= 0.3 is 0 Å². The van der Waals surface area contributed by atoms with Gasteiger partial charge in [-0.25, -0.2) is 0 Å². The van der Waals surface area contributed by atoms with Gasteiger partial charge in [0.1, 0.15) is 0 Å². The molecule has 0 aromatic heterocycles. The Morgan fingerprint density at radius 2 is 0.649 bits per heavy atom. The van der Waals surface area contributed by atoms with Crippen LogP contribution in [0.5, 0.6) is 0 Å². The highest BCUT2D eigenvalue weighted by atomic mass is 31.1. The summed E-state index contributed by atoms with van der Waals surface area (Å²) in [5.41, 5.74) is 11.9. The smallest absolute Gasteiger partial charge is 0.0877 e. The second-order valence-corrected chi connectivity index (χ2v) is 29.9. The maximum absolute atomic E-state index is 8.61. The van der Waals surface area contributed by atoms with Crippen molar-refractivity contribution in [1.29, 1.82) is 0 Å². The third kappa shape index (κ3) is 6.38. The molecule has 17 rings (SSSR count). The number of para-hydroxylation sites is 4. The van der Waals surface area contributed by atoms with Gasteiger partial charge in [-0.15, -0.1) is 0 Å². The first kappa shape index (κ1) is 44.4. The predicted molar refractivity (Wildman–Crippen MR) is 304 cm³/mol. The van der Waals surface area contributed by atoms with Gasteiger partial charge < -0.3 is 29.1 Å². The number of hydrogen-bond acceptors (Lipinski definition) is 6. The average molecular weight is 1010 g/mol. The number of fused-ring (bicyclic) bond motifs is 2. The molecule has 5 saturated carbocycles. The van der Waals surface area contributed by atoms with Gasteiger partial charge in [0.05, 0.1) is 36.5 Å². The van der Waals surface area contributed by atoms with Gasteiger partial charge in [0, 0.05) is 93.0 Å². The lowest BCUT2D eigenvalue weighted by Gasteiger charge is -2.78. The van der Waals surface area contributed by atoms with Crippen molar-refractivity contribution in [2.45, 2.75) is 183 Å². The van der Waals surface area contributed by atoms with Crippen molar-refractivity contribution in [3.8, 4) is 0 Å². The van der Waals surface area contributed by atoms with E-state index in [2.05, 4.69) is 202 Å². The van der Waals surface area contributed by atoms with Crippen molar-refractivity contribution in [2.24, 2.45) is 0 Å². The van der Waals surface area contributed by atoms with E-state index in [1.165, 1.54) is 91.7 Å². The van der Waals surface area contributed by atoms with Gasteiger partial charge in [-0.05, 0) is 136 Å². The minimum Gasteiger partial charge on any atom is -0.371 e. The van der Waals surface area contributed by atoms with Gasteiger partial charge in [-0.2, -0.15) is 0 Å². The van der Waals surface area contributed by atoms with Crippen molar-refractivity contribution >= 4 is 38.6 Å². The Kier molecular flexibility index (Phi) is 10.5. The maximum Gasteiger partial charge on any atom is 0.0877 e. The minimum absolute atomic E-state index is 0.144. The van der Waals surface area contributed by atoms with Gasteiger partial charge in [0.15, 0.2) is 0 Å². The molecule has 8 heteroatoms. The maximum atomic E-state index is 8.61. The molecule has 11 fully saturated rings. The van der Waals surface area contributed by atoms with Crippen LogP contribution in [0.25, 0.3) is 0 Å². The van der Waals surface area contributed by atoms with Crippen LogP contribution in [-0.2, 0) is 9.47 Å². The van der Waals surface area contributed by atoms with Gasteiger partial charge in [0.2, 0.25) is 0 Å². The highest BCUT2D eigenvalue weighted by Gasteiger charge is 2.77. The minimum atomic E-state index is -0.529. The van der Waals surface area contributed by atoms with Crippen LogP contribution < -0.4 is 19.6 Å².